The number of β-amino-alcohol motifs (C(OH)–C–C–N with tert-alkyl or cyclic N) is 1. The van der Waals surface area contributed by atoms with Crippen LogP contribution in [0.5, 0.6) is 0 Å². The van der Waals surface area contributed by atoms with E-state index in [1.54, 1.807) is 32.4 Å². The Morgan fingerprint density at radius 3 is 2.56 bits per heavy atom. The maximum Gasteiger partial charge on any atom is 0.258 e. The van der Waals surface area contributed by atoms with E-state index in [0.717, 1.165) is 16.1 Å². The second-order valence-corrected chi connectivity index (χ2v) is 12.1. The number of nitrogens with one attached hydrogen (secondary N) is 2. The number of thiazole rings is 1. The van der Waals surface area contributed by atoms with Gasteiger partial charge in [-0.05, 0) is 43.8 Å². The molecule has 11 heteroatoms. The molecule has 0 unspecified atom stereocenters. The van der Waals surface area contributed by atoms with Crippen molar-refractivity contribution in [2.45, 2.75) is 77.7 Å². The van der Waals surface area contributed by atoms with Crippen LogP contribution in [0.15, 0.2) is 35.6 Å². The number of amides is 3. The van der Waals surface area contributed by atoms with Gasteiger partial charge in [-0.25, -0.2) is 9.37 Å². The fraction of sp³-hybridized carbons (Fsp3) is 0.571. The van der Waals surface area contributed by atoms with Gasteiger partial charge in [0.1, 0.15) is 17.8 Å². The summed E-state index contributed by atoms with van der Waals surface area (Å²) >= 11 is 1.52. The van der Waals surface area contributed by atoms with Crippen molar-refractivity contribution < 1.29 is 28.6 Å². The number of halogens is 1. The summed E-state index contributed by atoms with van der Waals surface area (Å²) in [5.41, 5.74) is 1.56. The Hall–Kier alpha value is -3.05. The molecule has 214 valence electrons. The Morgan fingerprint density at radius 2 is 2.05 bits per heavy atom. The molecule has 2 fully saturated rings. The molecular formula is C28H39FN4O5S. The maximum absolute atomic E-state index is 14.4. The molecular weight excluding hydrogens is 523 g/mol. The molecule has 0 aromatic carbocycles. The minimum atomic E-state index is -1.94. The van der Waals surface area contributed by atoms with Crippen molar-refractivity contribution in [1.82, 2.24) is 20.5 Å². The van der Waals surface area contributed by atoms with Crippen molar-refractivity contribution in [3.05, 3.63) is 46.1 Å². The number of alkyl halides is 1. The molecule has 1 aromatic heterocycles. The highest BCUT2D eigenvalue weighted by Gasteiger charge is 2.53. The second-order valence-electron chi connectivity index (χ2n) is 11.2. The molecule has 3 rings (SSSR count). The quantitative estimate of drug-likeness (QED) is 0.298. The van der Waals surface area contributed by atoms with E-state index in [0.29, 0.717) is 11.3 Å². The smallest absolute Gasteiger partial charge is 0.258 e. The lowest BCUT2D eigenvalue weighted by Crippen LogP contribution is -2.59. The maximum atomic E-state index is 14.4. The molecule has 2 heterocycles. The van der Waals surface area contributed by atoms with E-state index >= 15 is 0 Å². The standard InChI is InChI=1S/C28H39FN4O5S/c1-8-18(21(38-7)11-16(2)22-17(3)31-15-39-22)13-30-24(35)20-12-19(34)14-33(20)25(36)23(27(4,5)6)32-26(37)28(29)9-10-28/h8,11,15,19-20,23,34H,1,9-10,12-14H2,2-7H3,(H,30,35)(H,32,37)/b16-11+,21-18-/t19-,20+,23-/m1/s1. The fourth-order valence-electron chi connectivity index (χ4n) is 4.50. The highest BCUT2D eigenvalue weighted by molar-refractivity contribution is 7.10. The predicted octanol–water partition coefficient (Wildman–Crippen LogP) is 3.05. The summed E-state index contributed by atoms with van der Waals surface area (Å²) in [6.07, 6.45) is 2.83. The zero-order chi connectivity index (χ0) is 29.1. The first-order chi connectivity index (χ1) is 18.2. The van der Waals surface area contributed by atoms with E-state index in [-0.39, 0.29) is 32.4 Å². The van der Waals surface area contributed by atoms with Crippen LogP contribution in [0, 0.1) is 12.3 Å². The molecule has 1 aromatic rings. The summed E-state index contributed by atoms with van der Waals surface area (Å²) in [5.74, 6) is -1.30. The van der Waals surface area contributed by atoms with Crippen LogP contribution in [0.4, 0.5) is 4.39 Å². The van der Waals surface area contributed by atoms with Gasteiger partial charge < -0.3 is 25.4 Å². The molecule has 3 N–H and O–H groups in total. The summed E-state index contributed by atoms with van der Waals surface area (Å²) < 4.78 is 19.9. The Morgan fingerprint density at radius 1 is 1.38 bits per heavy atom. The number of carbonyl (C=O) groups is 3. The number of hydrogen-bond acceptors (Lipinski definition) is 7. The number of aryl methyl sites for hydroxylation is 1. The Bertz CT molecular complexity index is 1180. The first-order valence-electron chi connectivity index (χ1n) is 13.0. The normalized spacial score (nSPS) is 22.1. The van der Waals surface area contributed by atoms with Gasteiger partial charge in [0, 0.05) is 25.1 Å². The van der Waals surface area contributed by atoms with Crippen LogP contribution < -0.4 is 10.6 Å². The molecule has 9 nitrogen and oxygen atoms in total. The zero-order valence-electron chi connectivity index (χ0n) is 23.5. The number of hydrogen-bond donors (Lipinski definition) is 3. The van der Waals surface area contributed by atoms with Crippen molar-refractivity contribution >= 4 is 34.6 Å². The van der Waals surface area contributed by atoms with E-state index in [9.17, 15) is 23.9 Å². The van der Waals surface area contributed by atoms with Gasteiger partial charge in [-0.3, -0.25) is 14.4 Å². The lowest BCUT2D eigenvalue weighted by molar-refractivity contribution is -0.144. The number of aliphatic hydroxyl groups excluding tert-OH is 1. The molecule has 3 atom stereocenters. The molecule has 3 amide bonds. The van der Waals surface area contributed by atoms with E-state index in [1.165, 1.54) is 23.3 Å². The molecule has 2 aliphatic rings. The Balaban J connectivity index is 1.76. The minimum Gasteiger partial charge on any atom is -0.496 e. The number of allylic oxidation sites excluding steroid dienone is 2. The highest BCUT2D eigenvalue weighted by atomic mass is 32.1. The molecule has 0 radical (unpaired) electrons. The van der Waals surface area contributed by atoms with Gasteiger partial charge in [-0.2, -0.15) is 0 Å². The molecule has 0 bridgehead atoms. The molecule has 39 heavy (non-hydrogen) atoms. The van der Waals surface area contributed by atoms with Gasteiger partial charge in [-0.15, -0.1) is 11.3 Å². The van der Waals surface area contributed by atoms with Crippen LogP contribution >= 0.6 is 11.3 Å². The average molecular weight is 563 g/mol. The van der Waals surface area contributed by atoms with Crippen molar-refractivity contribution in [2.24, 2.45) is 5.41 Å². The van der Waals surface area contributed by atoms with Crippen LogP contribution in [0.3, 0.4) is 0 Å². The average Bonchev–Trinajstić information content (AvgIpc) is 3.28. The monoisotopic (exact) mass is 562 g/mol. The van der Waals surface area contributed by atoms with Crippen molar-refractivity contribution in [3.8, 4) is 0 Å². The van der Waals surface area contributed by atoms with Crippen LogP contribution in [-0.4, -0.2) is 76.8 Å². The third-order valence-electron chi connectivity index (χ3n) is 7.04. The molecule has 0 spiro atoms. The molecule has 1 aliphatic heterocycles. The number of ether oxygens (including phenoxy) is 1. The summed E-state index contributed by atoms with van der Waals surface area (Å²) in [6, 6.07) is -2.02. The number of likely N-dealkylation sites (tertiary alicyclic amines) is 1. The SMILES string of the molecule is C=C/C(CNC(=O)[C@@H]1C[C@@H](O)CN1C(=O)[C@@H](NC(=O)C1(F)CC1)C(C)(C)C)=C(\C=C(/C)c1scnc1C)OC. The van der Waals surface area contributed by atoms with Gasteiger partial charge in [0.05, 0.1) is 29.3 Å². The number of carbonyl (C=O) groups excluding carboxylic acids is 3. The first kappa shape index (κ1) is 30.5. The van der Waals surface area contributed by atoms with E-state index in [4.69, 9.17) is 4.74 Å². The van der Waals surface area contributed by atoms with Crippen molar-refractivity contribution in [3.63, 3.8) is 0 Å². The van der Waals surface area contributed by atoms with Gasteiger partial charge in [0.2, 0.25) is 11.8 Å². The van der Waals surface area contributed by atoms with Gasteiger partial charge in [0.15, 0.2) is 5.67 Å². The summed E-state index contributed by atoms with van der Waals surface area (Å²) in [6.45, 7) is 13.0. The third-order valence-corrected chi connectivity index (χ3v) is 8.10. The summed E-state index contributed by atoms with van der Waals surface area (Å²) in [4.78, 5) is 45.9. The van der Waals surface area contributed by atoms with Crippen LogP contribution in [-0.2, 0) is 19.1 Å². The van der Waals surface area contributed by atoms with Gasteiger partial charge in [0.25, 0.3) is 5.91 Å². The minimum absolute atomic E-state index is 0.0450. The van der Waals surface area contributed by atoms with Gasteiger partial charge in [-0.1, -0.05) is 33.4 Å². The van der Waals surface area contributed by atoms with Crippen LogP contribution in [0.2, 0.25) is 0 Å². The predicted molar refractivity (Wildman–Crippen MR) is 148 cm³/mol. The van der Waals surface area contributed by atoms with E-state index < -0.39 is 47.0 Å². The van der Waals surface area contributed by atoms with Crippen LogP contribution in [0.1, 0.15) is 57.5 Å². The Labute approximate surface area is 233 Å². The topological polar surface area (TPSA) is 121 Å². The number of nitrogens with zero attached hydrogens (tertiary/aromatic N) is 2. The largest absolute Gasteiger partial charge is 0.496 e. The van der Waals surface area contributed by atoms with Crippen LogP contribution in [0.25, 0.3) is 5.57 Å². The van der Waals surface area contributed by atoms with E-state index in [2.05, 4.69) is 22.2 Å². The lowest BCUT2D eigenvalue weighted by atomic mass is 9.85. The van der Waals surface area contributed by atoms with Crippen molar-refractivity contribution in [1.29, 1.82) is 0 Å². The van der Waals surface area contributed by atoms with Crippen molar-refractivity contribution in [2.75, 3.05) is 20.2 Å². The summed E-state index contributed by atoms with van der Waals surface area (Å²) in [5, 5.41) is 15.7. The molecule has 1 saturated heterocycles. The highest BCUT2D eigenvalue weighted by Crippen LogP contribution is 2.40. The second kappa shape index (κ2) is 12.0. The third kappa shape index (κ3) is 7.13. The number of rotatable bonds is 10. The number of aromatic nitrogens is 1. The molecule has 1 saturated carbocycles. The molecule has 1 aliphatic carbocycles. The Kier molecular flexibility index (Phi) is 9.38. The van der Waals surface area contributed by atoms with E-state index in [1.807, 2.05) is 19.9 Å². The fourth-order valence-corrected chi connectivity index (χ4v) is 5.29. The van der Waals surface area contributed by atoms with Gasteiger partial charge >= 0.3 is 0 Å². The number of methoxy groups -OCH3 is 1. The first-order valence-corrected chi connectivity index (χ1v) is 13.8. The zero-order valence-corrected chi connectivity index (χ0v) is 24.3. The lowest BCUT2D eigenvalue weighted by Gasteiger charge is -2.35. The summed E-state index contributed by atoms with van der Waals surface area (Å²) in [7, 11) is 1.53. The number of aliphatic hydroxyl groups is 1.